The van der Waals surface area contributed by atoms with Crippen molar-refractivity contribution in [1.82, 2.24) is 4.31 Å². The van der Waals surface area contributed by atoms with Crippen molar-refractivity contribution < 1.29 is 17.9 Å². The topological polar surface area (TPSA) is 89.7 Å². The van der Waals surface area contributed by atoms with E-state index in [1.165, 1.54) is 7.05 Å². The zero-order valence-electron chi connectivity index (χ0n) is 12.1. The number of likely N-dealkylation sites (N-methyl/N-ethyl adjacent to an activating group) is 1. The largest absolute Gasteiger partial charge is 0.465 e. The molecule has 0 bridgehead atoms. The molecular formula is C13H20N2O4S. The van der Waals surface area contributed by atoms with Gasteiger partial charge in [0.1, 0.15) is 6.54 Å². The summed E-state index contributed by atoms with van der Waals surface area (Å²) in [7, 11) is -2.44. The number of hydrogen-bond donors (Lipinski definition) is 1. The van der Waals surface area contributed by atoms with Crippen LogP contribution in [0.4, 0.5) is 5.69 Å². The van der Waals surface area contributed by atoms with Crippen molar-refractivity contribution in [2.24, 2.45) is 0 Å². The van der Waals surface area contributed by atoms with E-state index >= 15 is 0 Å². The number of ether oxygens (including phenoxy) is 1. The molecule has 0 aliphatic carbocycles. The standard InChI is InChI=1S/C13H20N2O4S/c1-5-19-13(16)8-15(4)20(17,18)12-7-9(2)6-11(14)10(12)3/h6-7H,5,8,14H2,1-4H3. The molecule has 0 aliphatic heterocycles. The highest BCUT2D eigenvalue weighted by Crippen LogP contribution is 2.25. The Hall–Kier alpha value is -1.60. The van der Waals surface area contributed by atoms with Crippen molar-refractivity contribution in [3.8, 4) is 0 Å². The summed E-state index contributed by atoms with van der Waals surface area (Å²) in [5, 5.41) is 0. The Kier molecular flexibility index (Phi) is 5.13. The summed E-state index contributed by atoms with van der Waals surface area (Å²) in [5.74, 6) is -0.586. The predicted molar refractivity (Wildman–Crippen MR) is 76.8 cm³/mol. The smallest absolute Gasteiger partial charge is 0.321 e. The minimum atomic E-state index is -3.78. The van der Waals surface area contributed by atoms with Gasteiger partial charge in [-0.05, 0) is 44.0 Å². The first-order valence-corrected chi connectivity index (χ1v) is 7.62. The molecule has 2 N–H and O–H groups in total. The fourth-order valence-electron chi connectivity index (χ4n) is 1.76. The van der Waals surface area contributed by atoms with E-state index in [0.717, 1.165) is 9.87 Å². The second-order valence-electron chi connectivity index (χ2n) is 4.54. The molecule has 0 amide bonds. The van der Waals surface area contributed by atoms with Gasteiger partial charge >= 0.3 is 5.97 Å². The lowest BCUT2D eigenvalue weighted by molar-refractivity contribution is -0.143. The number of anilines is 1. The van der Waals surface area contributed by atoms with Gasteiger partial charge in [0, 0.05) is 12.7 Å². The van der Waals surface area contributed by atoms with Crippen LogP contribution in [0.1, 0.15) is 18.1 Å². The van der Waals surface area contributed by atoms with Crippen LogP contribution in [0.15, 0.2) is 17.0 Å². The third kappa shape index (κ3) is 3.49. The van der Waals surface area contributed by atoms with Gasteiger partial charge in [0.2, 0.25) is 10.0 Å². The maximum Gasteiger partial charge on any atom is 0.321 e. The second kappa shape index (κ2) is 6.23. The van der Waals surface area contributed by atoms with Crippen LogP contribution in [0.5, 0.6) is 0 Å². The fraction of sp³-hybridized carbons (Fsp3) is 0.462. The number of carbonyl (C=O) groups is 1. The molecule has 0 saturated carbocycles. The van der Waals surface area contributed by atoms with E-state index in [1.807, 2.05) is 0 Å². The minimum absolute atomic E-state index is 0.113. The van der Waals surface area contributed by atoms with Gasteiger partial charge in [-0.1, -0.05) is 0 Å². The molecule has 7 heteroatoms. The molecule has 0 radical (unpaired) electrons. The van der Waals surface area contributed by atoms with E-state index < -0.39 is 16.0 Å². The number of nitrogens with zero attached hydrogens (tertiary/aromatic N) is 1. The van der Waals surface area contributed by atoms with Crippen LogP contribution in [0.3, 0.4) is 0 Å². The summed E-state index contributed by atoms with van der Waals surface area (Å²) < 4.78 is 30.6. The first-order valence-electron chi connectivity index (χ1n) is 6.18. The quantitative estimate of drug-likeness (QED) is 0.649. The average Bonchev–Trinajstić information content (AvgIpc) is 2.33. The molecule has 0 aromatic heterocycles. The number of benzene rings is 1. The van der Waals surface area contributed by atoms with Crippen molar-refractivity contribution in [1.29, 1.82) is 0 Å². The van der Waals surface area contributed by atoms with Crippen LogP contribution < -0.4 is 5.73 Å². The molecule has 0 atom stereocenters. The Morgan fingerprint density at radius 3 is 2.50 bits per heavy atom. The summed E-state index contributed by atoms with van der Waals surface area (Å²) in [6, 6.07) is 3.25. The molecule has 1 aromatic carbocycles. The van der Waals surface area contributed by atoms with Crippen molar-refractivity contribution in [3.63, 3.8) is 0 Å². The van der Waals surface area contributed by atoms with Gasteiger partial charge in [0.15, 0.2) is 0 Å². The van der Waals surface area contributed by atoms with Crippen molar-refractivity contribution >= 4 is 21.7 Å². The molecule has 0 fully saturated rings. The molecule has 1 rings (SSSR count). The Labute approximate surface area is 119 Å². The fourth-order valence-corrected chi connectivity index (χ4v) is 3.21. The lowest BCUT2D eigenvalue weighted by atomic mass is 10.1. The Balaban J connectivity index is 3.14. The normalized spacial score (nSPS) is 11.7. The number of hydrogen-bond acceptors (Lipinski definition) is 5. The van der Waals surface area contributed by atoms with E-state index in [0.29, 0.717) is 11.3 Å². The van der Waals surface area contributed by atoms with E-state index in [9.17, 15) is 13.2 Å². The van der Waals surface area contributed by atoms with E-state index in [4.69, 9.17) is 10.5 Å². The highest BCUT2D eigenvalue weighted by molar-refractivity contribution is 7.89. The number of esters is 1. The molecular weight excluding hydrogens is 280 g/mol. The number of sulfonamides is 1. The highest BCUT2D eigenvalue weighted by atomic mass is 32.2. The average molecular weight is 300 g/mol. The molecule has 1 aromatic rings. The summed E-state index contributed by atoms with van der Waals surface area (Å²) in [6.07, 6.45) is 0. The van der Waals surface area contributed by atoms with Gasteiger partial charge in [-0.15, -0.1) is 0 Å². The van der Waals surface area contributed by atoms with Gasteiger partial charge in [-0.3, -0.25) is 4.79 Å². The van der Waals surface area contributed by atoms with Crippen LogP contribution >= 0.6 is 0 Å². The highest BCUT2D eigenvalue weighted by Gasteiger charge is 2.26. The van der Waals surface area contributed by atoms with Crippen LogP contribution in [-0.2, 0) is 19.6 Å². The lowest BCUT2D eigenvalue weighted by Gasteiger charge is -2.18. The lowest BCUT2D eigenvalue weighted by Crippen LogP contribution is -2.33. The van der Waals surface area contributed by atoms with Crippen LogP contribution in [-0.4, -0.2) is 38.9 Å². The maximum atomic E-state index is 12.5. The maximum absolute atomic E-state index is 12.5. The van der Waals surface area contributed by atoms with E-state index in [2.05, 4.69) is 0 Å². The second-order valence-corrected chi connectivity index (χ2v) is 6.56. The molecule has 0 heterocycles. The van der Waals surface area contributed by atoms with Gasteiger partial charge in [-0.2, -0.15) is 4.31 Å². The third-order valence-electron chi connectivity index (χ3n) is 2.89. The molecule has 0 saturated heterocycles. The summed E-state index contributed by atoms with van der Waals surface area (Å²) >= 11 is 0. The molecule has 0 unspecified atom stereocenters. The van der Waals surface area contributed by atoms with Gasteiger partial charge in [-0.25, -0.2) is 8.42 Å². The zero-order chi connectivity index (χ0) is 15.5. The number of nitrogen functional groups attached to an aromatic ring is 1. The molecule has 20 heavy (non-hydrogen) atoms. The van der Waals surface area contributed by atoms with Gasteiger partial charge < -0.3 is 10.5 Å². The Bertz CT molecular complexity index is 611. The number of nitrogens with two attached hydrogens (primary N) is 1. The molecule has 0 spiro atoms. The third-order valence-corrected chi connectivity index (χ3v) is 4.82. The first kappa shape index (κ1) is 16.5. The number of rotatable bonds is 5. The zero-order valence-corrected chi connectivity index (χ0v) is 13.0. The SMILES string of the molecule is CCOC(=O)CN(C)S(=O)(=O)c1cc(C)cc(N)c1C. The predicted octanol–water partition coefficient (Wildman–Crippen LogP) is 1.07. The minimum Gasteiger partial charge on any atom is -0.465 e. The Morgan fingerprint density at radius 1 is 1.35 bits per heavy atom. The summed E-state index contributed by atoms with van der Waals surface area (Å²) in [6.45, 7) is 4.95. The molecule has 6 nitrogen and oxygen atoms in total. The first-order chi connectivity index (χ1) is 9.20. The van der Waals surface area contributed by atoms with E-state index in [-0.39, 0.29) is 18.0 Å². The molecule has 0 aliphatic rings. The number of carbonyl (C=O) groups excluding carboxylic acids is 1. The van der Waals surface area contributed by atoms with Crippen molar-refractivity contribution in [2.75, 3.05) is 25.9 Å². The molecule has 112 valence electrons. The number of aryl methyl sites for hydroxylation is 1. The Morgan fingerprint density at radius 2 is 1.95 bits per heavy atom. The van der Waals surface area contributed by atoms with Crippen molar-refractivity contribution in [2.45, 2.75) is 25.7 Å². The summed E-state index contributed by atoms with van der Waals surface area (Å²) in [5.41, 5.74) is 7.43. The van der Waals surface area contributed by atoms with Crippen LogP contribution in [0, 0.1) is 13.8 Å². The van der Waals surface area contributed by atoms with Gasteiger partial charge in [0.25, 0.3) is 0 Å². The van der Waals surface area contributed by atoms with Crippen LogP contribution in [0.25, 0.3) is 0 Å². The van der Waals surface area contributed by atoms with Crippen molar-refractivity contribution in [3.05, 3.63) is 23.3 Å². The van der Waals surface area contributed by atoms with Gasteiger partial charge in [0.05, 0.1) is 11.5 Å². The van der Waals surface area contributed by atoms with Crippen LogP contribution in [0.2, 0.25) is 0 Å². The summed E-state index contributed by atoms with van der Waals surface area (Å²) in [4.78, 5) is 11.5. The van der Waals surface area contributed by atoms with E-state index in [1.54, 1.807) is 32.9 Å². The monoisotopic (exact) mass is 300 g/mol.